The van der Waals surface area contributed by atoms with Gasteiger partial charge in [-0.3, -0.25) is 0 Å². The first-order chi connectivity index (χ1) is 17.7. The molecule has 3 nitrogen and oxygen atoms in total. The maximum atomic E-state index is 12.5. The Labute approximate surface area is 223 Å². The van der Waals surface area contributed by atoms with Crippen LogP contribution in [-0.4, -0.2) is 11.1 Å². The summed E-state index contributed by atoms with van der Waals surface area (Å²) in [6, 6.07) is 15.0. The molecule has 0 saturated heterocycles. The van der Waals surface area contributed by atoms with Gasteiger partial charge in [0.15, 0.2) is 0 Å². The number of nitrogens with zero attached hydrogens (tertiary/aromatic N) is 1. The van der Waals surface area contributed by atoms with E-state index in [1.165, 1.54) is 102 Å². The van der Waals surface area contributed by atoms with E-state index in [1.54, 1.807) is 24.3 Å². The fourth-order valence-corrected chi connectivity index (χ4v) is 5.51. The summed E-state index contributed by atoms with van der Waals surface area (Å²) in [4.78, 5) is 16.4. The molecule has 194 valence electrons. The molecule has 0 heterocycles. The highest BCUT2D eigenvalue weighted by Gasteiger charge is 2.22. The summed E-state index contributed by atoms with van der Waals surface area (Å²) < 4.78 is 5.49. The number of unbranched alkanes of at least 4 members (excludes halogenated alkanes) is 9. The fourth-order valence-electron chi connectivity index (χ4n) is 5.40. The van der Waals surface area contributed by atoms with Crippen molar-refractivity contribution < 1.29 is 9.53 Å². The molecule has 0 spiro atoms. The van der Waals surface area contributed by atoms with Gasteiger partial charge in [0, 0.05) is 0 Å². The average molecular weight is 506 g/mol. The van der Waals surface area contributed by atoms with Crippen LogP contribution in [0.3, 0.4) is 0 Å². The van der Waals surface area contributed by atoms with Gasteiger partial charge < -0.3 is 4.74 Å². The van der Waals surface area contributed by atoms with Crippen LogP contribution in [0.25, 0.3) is 0 Å². The SMILES string of the molecule is CCCCCCCCCCCCC1CCC(c2ccc(C(=O)Oc3ccc(N=C=S)cc3)cc2)CC1. The molecule has 2 aromatic rings. The molecule has 0 aromatic heterocycles. The summed E-state index contributed by atoms with van der Waals surface area (Å²) in [6.07, 6.45) is 20.8. The Balaban J connectivity index is 1.31. The molecule has 2 aromatic carbocycles. The minimum absolute atomic E-state index is 0.340. The molecule has 0 aliphatic heterocycles. The van der Waals surface area contributed by atoms with Crippen molar-refractivity contribution in [3.63, 3.8) is 0 Å². The van der Waals surface area contributed by atoms with Gasteiger partial charge in [0.1, 0.15) is 5.75 Å². The van der Waals surface area contributed by atoms with Crippen molar-refractivity contribution in [2.75, 3.05) is 0 Å². The number of aliphatic imine (C=N–C) groups is 1. The first-order valence-electron chi connectivity index (χ1n) is 14.2. The van der Waals surface area contributed by atoms with E-state index in [4.69, 9.17) is 4.74 Å². The lowest BCUT2D eigenvalue weighted by atomic mass is 9.77. The topological polar surface area (TPSA) is 38.7 Å². The lowest BCUT2D eigenvalue weighted by molar-refractivity contribution is 0.0734. The molecule has 0 bridgehead atoms. The average Bonchev–Trinajstić information content (AvgIpc) is 2.91. The monoisotopic (exact) mass is 505 g/mol. The Morgan fingerprint density at radius 2 is 1.42 bits per heavy atom. The number of hydrogen-bond acceptors (Lipinski definition) is 4. The van der Waals surface area contributed by atoms with Crippen molar-refractivity contribution in [3.8, 4) is 5.75 Å². The predicted molar refractivity (Wildman–Crippen MR) is 154 cm³/mol. The first kappa shape index (κ1) is 28.3. The van der Waals surface area contributed by atoms with Gasteiger partial charge in [0.2, 0.25) is 0 Å². The zero-order chi connectivity index (χ0) is 25.4. The van der Waals surface area contributed by atoms with E-state index in [-0.39, 0.29) is 5.97 Å². The Hall–Kier alpha value is -2.29. The molecule has 0 N–H and O–H groups in total. The van der Waals surface area contributed by atoms with Crippen LogP contribution in [0.15, 0.2) is 53.5 Å². The van der Waals surface area contributed by atoms with Crippen molar-refractivity contribution in [1.29, 1.82) is 0 Å². The fraction of sp³-hybridized carbons (Fsp3) is 0.562. The molecule has 0 radical (unpaired) electrons. The van der Waals surface area contributed by atoms with Crippen molar-refractivity contribution in [1.82, 2.24) is 0 Å². The smallest absolute Gasteiger partial charge is 0.343 e. The van der Waals surface area contributed by atoms with Crippen molar-refractivity contribution in [2.45, 2.75) is 109 Å². The van der Waals surface area contributed by atoms with Gasteiger partial charge in [-0.1, -0.05) is 89.7 Å². The lowest BCUT2D eigenvalue weighted by Crippen LogP contribution is -2.14. The molecular formula is C32H43NO2S. The van der Waals surface area contributed by atoms with Crippen LogP contribution in [0.4, 0.5) is 5.69 Å². The zero-order valence-corrected chi connectivity index (χ0v) is 22.9. The summed E-state index contributed by atoms with van der Waals surface area (Å²) in [5, 5.41) is 2.33. The zero-order valence-electron chi connectivity index (χ0n) is 22.1. The number of carbonyl (C=O) groups is 1. The molecule has 0 amide bonds. The minimum Gasteiger partial charge on any atom is -0.423 e. The molecule has 4 heteroatoms. The third-order valence-corrected chi connectivity index (χ3v) is 7.74. The van der Waals surface area contributed by atoms with Gasteiger partial charge in [-0.05, 0) is 91.7 Å². The van der Waals surface area contributed by atoms with E-state index in [2.05, 4.69) is 41.4 Å². The van der Waals surface area contributed by atoms with Gasteiger partial charge in [-0.15, -0.1) is 0 Å². The number of ether oxygens (including phenoxy) is 1. The molecule has 36 heavy (non-hydrogen) atoms. The van der Waals surface area contributed by atoms with Gasteiger partial charge in [0.05, 0.1) is 16.4 Å². The Morgan fingerprint density at radius 3 is 2.00 bits per heavy atom. The van der Waals surface area contributed by atoms with Crippen LogP contribution in [0.5, 0.6) is 5.75 Å². The summed E-state index contributed by atoms with van der Waals surface area (Å²) in [5.74, 6) is 1.68. The molecule has 1 saturated carbocycles. The molecule has 3 rings (SSSR count). The second kappa shape index (κ2) is 16.5. The van der Waals surface area contributed by atoms with E-state index in [9.17, 15) is 4.79 Å². The number of hydrogen-bond donors (Lipinski definition) is 0. The lowest BCUT2D eigenvalue weighted by Gasteiger charge is -2.29. The van der Waals surface area contributed by atoms with Gasteiger partial charge in [0.25, 0.3) is 0 Å². The molecular weight excluding hydrogens is 462 g/mol. The Morgan fingerprint density at radius 1 is 0.833 bits per heavy atom. The number of isothiocyanates is 1. The van der Waals surface area contributed by atoms with Crippen LogP contribution in [-0.2, 0) is 0 Å². The van der Waals surface area contributed by atoms with Crippen molar-refractivity contribution >= 4 is 29.0 Å². The summed E-state index contributed by atoms with van der Waals surface area (Å²) in [6.45, 7) is 2.29. The second-order valence-electron chi connectivity index (χ2n) is 10.4. The van der Waals surface area contributed by atoms with E-state index < -0.39 is 0 Å². The van der Waals surface area contributed by atoms with E-state index >= 15 is 0 Å². The third kappa shape index (κ3) is 9.99. The Bertz CT molecular complexity index is 939. The largest absolute Gasteiger partial charge is 0.423 e. The number of esters is 1. The van der Waals surface area contributed by atoms with Gasteiger partial charge >= 0.3 is 5.97 Å². The van der Waals surface area contributed by atoms with Crippen LogP contribution >= 0.6 is 12.2 Å². The van der Waals surface area contributed by atoms with Crippen molar-refractivity contribution in [2.24, 2.45) is 10.9 Å². The van der Waals surface area contributed by atoms with Crippen molar-refractivity contribution in [3.05, 3.63) is 59.7 Å². The number of benzene rings is 2. The van der Waals surface area contributed by atoms with Crippen LogP contribution in [0.1, 0.15) is 125 Å². The number of thiocarbonyl (C=S) groups is 1. The maximum absolute atomic E-state index is 12.5. The normalized spacial score (nSPS) is 17.4. The maximum Gasteiger partial charge on any atom is 0.343 e. The van der Waals surface area contributed by atoms with E-state index in [0.29, 0.717) is 22.9 Å². The highest BCUT2D eigenvalue weighted by atomic mass is 32.1. The highest BCUT2D eigenvalue weighted by Crippen LogP contribution is 2.38. The molecule has 0 atom stereocenters. The van der Waals surface area contributed by atoms with Crippen LogP contribution in [0.2, 0.25) is 0 Å². The minimum atomic E-state index is -0.340. The Kier molecular flexibility index (Phi) is 12.9. The van der Waals surface area contributed by atoms with Gasteiger partial charge in [-0.2, -0.15) is 4.99 Å². The van der Waals surface area contributed by atoms with E-state index in [0.717, 1.165) is 5.92 Å². The third-order valence-electron chi connectivity index (χ3n) is 7.65. The van der Waals surface area contributed by atoms with Crippen LogP contribution < -0.4 is 4.74 Å². The molecule has 1 aliphatic carbocycles. The summed E-state index contributed by atoms with van der Waals surface area (Å²) >= 11 is 4.61. The number of rotatable bonds is 15. The molecule has 1 aliphatic rings. The number of carbonyl (C=O) groups excluding carboxylic acids is 1. The summed E-state index contributed by atoms with van der Waals surface area (Å²) in [5.41, 5.74) is 2.62. The van der Waals surface area contributed by atoms with E-state index in [1.807, 2.05) is 12.1 Å². The van der Waals surface area contributed by atoms with Crippen LogP contribution in [0, 0.1) is 5.92 Å². The molecule has 1 fully saturated rings. The molecule has 0 unspecified atom stereocenters. The predicted octanol–water partition coefficient (Wildman–Crippen LogP) is 10.2. The quantitative estimate of drug-likeness (QED) is 0.0794. The first-order valence-corrected chi connectivity index (χ1v) is 14.6. The standard InChI is InChI=1S/C32H43NO2S/c1-2-3-4-5-6-7-8-9-10-11-12-26-13-15-27(16-14-26)28-17-19-29(20-18-28)32(34)35-31-23-21-30(22-24-31)33-25-36/h17-24,26-27H,2-16H2,1H3. The highest BCUT2D eigenvalue weighted by molar-refractivity contribution is 7.78. The summed E-state index contributed by atoms with van der Waals surface area (Å²) in [7, 11) is 0. The van der Waals surface area contributed by atoms with Gasteiger partial charge in [-0.25, -0.2) is 4.79 Å². The second-order valence-corrected chi connectivity index (χ2v) is 10.6.